The Kier molecular flexibility index (Phi) is 4.54. The highest BCUT2D eigenvalue weighted by Crippen LogP contribution is 2.21. The van der Waals surface area contributed by atoms with Crippen molar-refractivity contribution in [3.63, 3.8) is 0 Å². The van der Waals surface area contributed by atoms with Gasteiger partial charge in [-0.25, -0.2) is 0 Å². The van der Waals surface area contributed by atoms with Crippen LogP contribution < -0.4 is 0 Å². The molecule has 3 atom stereocenters. The topological polar surface area (TPSA) is 40.5 Å². The molecule has 0 aliphatic carbocycles. The normalized spacial score (nSPS) is 24.1. The number of hydrogen-bond donors (Lipinski definition) is 1. The maximum atomic E-state index is 11.3. The largest absolute Gasteiger partial charge is 0.393 e. The molecule has 0 saturated carbocycles. The number of nitrogens with zero attached hydrogens (tertiary/aromatic N) is 1. The number of benzene rings is 1. The van der Waals surface area contributed by atoms with Gasteiger partial charge in [0, 0.05) is 35.0 Å². The Morgan fingerprint density at radius 2 is 2.11 bits per heavy atom. The van der Waals surface area contributed by atoms with Crippen LogP contribution in [-0.4, -0.2) is 39.7 Å². The summed E-state index contributed by atoms with van der Waals surface area (Å²) >= 11 is 0. The minimum absolute atomic E-state index is 0.208. The molecule has 4 heteroatoms. The lowest BCUT2D eigenvalue weighted by molar-refractivity contribution is 0.127. The first-order valence-corrected chi connectivity index (χ1v) is 7.95. The Balaban J connectivity index is 1.92. The zero-order valence-corrected chi connectivity index (χ0v) is 11.8. The second kappa shape index (κ2) is 5.95. The van der Waals surface area contributed by atoms with E-state index in [1.165, 1.54) is 5.56 Å². The van der Waals surface area contributed by atoms with Crippen molar-refractivity contribution in [2.24, 2.45) is 5.92 Å². The van der Waals surface area contributed by atoms with Gasteiger partial charge in [0.1, 0.15) is 0 Å². The highest BCUT2D eigenvalue weighted by atomic mass is 32.2. The van der Waals surface area contributed by atoms with Crippen molar-refractivity contribution < 1.29 is 9.32 Å². The molecule has 3 nitrogen and oxygen atoms in total. The third kappa shape index (κ3) is 3.40. The van der Waals surface area contributed by atoms with Crippen LogP contribution in [0.1, 0.15) is 18.9 Å². The van der Waals surface area contributed by atoms with E-state index in [-0.39, 0.29) is 6.10 Å². The number of hydrogen-bond acceptors (Lipinski definition) is 3. The third-order valence-electron chi connectivity index (χ3n) is 3.65. The summed E-state index contributed by atoms with van der Waals surface area (Å²) in [6, 6.07) is 7.97. The summed E-state index contributed by atoms with van der Waals surface area (Å²) in [6.45, 7) is 4.82. The van der Waals surface area contributed by atoms with Crippen LogP contribution in [0.15, 0.2) is 29.2 Å². The number of aliphatic hydroxyl groups excluding tert-OH is 1. The molecule has 1 aliphatic heterocycles. The zero-order valence-electron chi connectivity index (χ0n) is 11.0. The van der Waals surface area contributed by atoms with Gasteiger partial charge in [-0.3, -0.25) is 9.11 Å². The van der Waals surface area contributed by atoms with Crippen LogP contribution in [-0.2, 0) is 17.3 Å². The molecule has 1 N–H and O–H groups in total. The first-order valence-electron chi connectivity index (χ1n) is 6.39. The van der Waals surface area contributed by atoms with Gasteiger partial charge in [0.25, 0.3) is 0 Å². The molecule has 1 fully saturated rings. The fourth-order valence-electron chi connectivity index (χ4n) is 2.44. The summed E-state index contributed by atoms with van der Waals surface area (Å²) in [6.07, 6.45) is 2.57. The van der Waals surface area contributed by atoms with Gasteiger partial charge in [0.05, 0.1) is 6.10 Å². The van der Waals surface area contributed by atoms with Gasteiger partial charge in [-0.1, -0.05) is 12.1 Å². The van der Waals surface area contributed by atoms with E-state index in [1.807, 2.05) is 31.2 Å². The molecule has 1 aliphatic rings. The minimum Gasteiger partial charge on any atom is -0.393 e. The van der Waals surface area contributed by atoms with Gasteiger partial charge in [-0.05, 0) is 43.5 Å². The molecular formula is C14H21NO2S. The molecule has 1 aromatic rings. The molecular weight excluding hydrogens is 246 g/mol. The van der Waals surface area contributed by atoms with Crippen molar-refractivity contribution in [1.82, 2.24) is 4.90 Å². The Morgan fingerprint density at radius 1 is 1.44 bits per heavy atom. The standard InChI is InChI=1S/C14H21NO2S/c1-11(16)13-7-8-15(10-13)9-12-3-5-14(6-4-12)18(2)17/h3-6,11,13,16H,7-10H2,1-2H3. The average Bonchev–Trinajstić information content (AvgIpc) is 2.78. The fourth-order valence-corrected chi connectivity index (χ4v) is 2.96. The third-order valence-corrected chi connectivity index (χ3v) is 4.59. The van der Waals surface area contributed by atoms with E-state index in [2.05, 4.69) is 4.90 Å². The van der Waals surface area contributed by atoms with Gasteiger partial charge in [-0.2, -0.15) is 0 Å². The molecule has 0 aromatic heterocycles. The van der Waals surface area contributed by atoms with E-state index < -0.39 is 10.8 Å². The second-order valence-corrected chi connectivity index (χ2v) is 6.50. The van der Waals surface area contributed by atoms with E-state index in [1.54, 1.807) is 6.26 Å². The molecule has 0 radical (unpaired) electrons. The Bertz CT molecular complexity index is 416. The second-order valence-electron chi connectivity index (χ2n) is 5.12. The maximum absolute atomic E-state index is 11.3. The van der Waals surface area contributed by atoms with Crippen LogP contribution in [0.4, 0.5) is 0 Å². The summed E-state index contributed by atoms with van der Waals surface area (Å²) in [5, 5.41) is 9.57. The van der Waals surface area contributed by atoms with Crippen LogP contribution in [0.3, 0.4) is 0 Å². The van der Waals surface area contributed by atoms with E-state index in [0.717, 1.165) is 31.0 Å². The number of rotatable bonds is 4. The Labute approximate surface area is 111 Å². The molecule has 2 rings (SSSR count). The summed E-state index contributed by atoms with van der Waals surface area (Å²) < 4.78 is 11.3. The van der Waals surface area contributed by atoms with Gasteiger partial charge >= 0.3 is 0 Å². The lowest BCUT2D eigenvalue weighted by atomic mass is 10.0. The van der Waals surface area contributed by atoms with Crippen molar-refractivity contribution in [2.75, 3.05) is 19.3 Å². The Morgan fingerprint density at radius 3 is 2.61 bits per heavy atom. The lowest BCUT2D eigenvalue weighted by Crippen LogP contribution is -2.23. The molecule has 1 heterocycles. The van der Waals surface area contributed by atoms with Gasteiger partial charge < -0.3 is 5.11 Å². The zero-order chi connectivity index (χ0) is 13.1. The van der Waals surface area contributed by atoms with Gasteiger partial charge in [-0.15, -0.1) is 0 Å². The number of likely N-dealkylation sites (tertiary alicyclic amines) is 1. The lowest BCUT2D eigenvalue weighted by Gasteiger charge is -2.17. The summed E-state index contributed by atoms with van der Waals surface area (Å²) in [7, 11) is -0.900. The minimum atomic E-state index is -0.900. The van der Waals surface area contributed by atoms with Crippen LogP contribution in [0.5, 0.6) is 0 Å². The van der Waals surface area contributed by atoms with E-state index in [9.17, 15) is 9.32 Å². The maximum Gasteiger partial charge on any atom is 0.0552 e. The van der Waals surface area contributed by atoms with Gasteiger partial charge in [0.15, 0.2) is 0 Å². The molecule has 3 unspecified atom stereocenters. The van der Waals surface area contributed by atoms with Gasteiger partial charge in [0.2, 0.25) is 0 Å². The monoisotopic (exact) mass is 267 g/mol. The molecule has 0 spiro atoms. The quantitative estimate of drug-likeness (QED) is 0.901. The van der Waals surface area contributed by atoms with E-state index >= 15 is 0 Å². The van der Waals surface area contributed by atoms with Crippen LogP contribution in [0, 0.1) is 5.92 Å². The molecule has 1 saturated heterocycles. The predicted octanol–water partition coefficient (Wildman–Crippen LogP) is 1.63. The SMILES string of the molecule is CC(O)C1CCN(Cc2ccc(S(C)=O)cc2)C1. The predicted molar refractivity (Wildman–Crippen MR) is 73.8 cm³/mol. The highest BCUT2D eigenvalue weighted by Gasteiger charge is 2.25. The van der Waals surface area contributed by atoms with Crippen LogP contribution in [0.2, 0.25) is 0 Å². The van der Waals surface area contributed by atoms with Crippen LogP contribution >= 0.6 is 0 Å². The smallest absolute Gasteiger partial charge is 0.0552 e. The molecule has 0 bridgehead atoms. The summed E-state index contributed by atoms with van der Waals surface area (Å²) in [5.74, 6) is 0.410. The first-order chi connectivity index (χ1) is 8.56. The molecule has 100 valence electrons. The van der Waals surface area contributed by atoms with Crippen molar-refractivity contribution >= 4 is 10.8 Å². The van der Waals surface area contributed by atoms with Crippen molar-refractivity contribution in [3.05, 3.63) is 29.8 Å². The Hall–Kier alpha value is -0.710. The van der Waals surface area contributed by atoms with Crippen molar-refractivity contribution in [3.8, 4) is 0 Å². The van der Waals surface area contributed by atoms with Crippen molar-refractivity contribution in [1.29, 1.82) is 0 Å². The fraction of sp³-hybridized carbons (Fsp3) is 0.571. The average molecular weight is 267 g/mol. The highest BCUT2D eigenvalue weighted by molar-refractivity contribution is 7.84. The molecule has 0 amide bonds. The number of aliphatic hydroxyl groups is 1. The summed E-state index contributed by atoms with van der Waals surface area (Å²) in [4.78, 5) is 3.25. The van der Waals surface area contributed by atoms with E-state index in [4.69, 9.17) is 0 Å². The van der Waals surface area contributed by atoms with Crippen molar-refractivity contribution in [2.45, 2.75) is 30.9 Å². The van der Waals surface area contributed by atoms with Crippen LogP contribution in [0.25, 0.3) is 0 Å². The molecule has 1 aromatic carbocycles. The summed E-state index contributed by atoms with van der Waals surface area (Å²) in [5.41, 5.74) is 1.25. The molecule has 18 heavy (non-hydrogen) atoms. The first kappa shape index (κ1) is 13.7. The van der Waals surface area contributed by atoms with E-state index in [0.29, 0.717) is 5.92 Å².